The van der Waals surface area contributed by atoms with Gasteiger partial charge in [-0.15, -0.1) is 0 Å². The lowest BCUT2D eigenvalue weighted by atomic mass is 10.1. The van der Waals surface area contributed by atoms with Gasteiger partial charge in [0.05, 0.1) is 5.56 Å². The van der Waals surface area contributed by atoms with Gasteiger partial charge in [0.15, 0.2) is 0 Å². The first kappa shape index (κ1) is 20.8. The van der Waals surface area contributed by atoms with E-state index in [1.165, 1.54) is 30.3 Å². The maximum absolute atomic E-state index is 12.7. The van der Waals surface area contributed by atoms with Crippen LogP contribution in [0.5, 0.6) is 0 Å². The van der Waals surface area contributed by atoms with E-state index in [9.17, 15) is 22.8 Å². The normalized spacial score (nSPS) is 11.1. The van der Waals surface area contributed by atoms with Crippen molar-refractivity contribution >= 4 is 29.3 Å². The van der Waals surface area contributed by atoms with Crippen molar-refractivity contribution in [3.05, 3.63) is 59.7 Å². The molecule has 0 aliphatic rings. The quantitative estimate of drug-likeness (QED) is 0.697. The third kappa shape index (κ3) is 5.75. The number of rotatable bonds is 6. The molecule has 2 aromatic rings. The van der Waals surface area contributed by atoms with E-state index >= 15 is 0 Å². The van der Waals surface area contributed by atoms with Crippen LogP contribution in [0.4, 0.5) is 18.9 Å². The second kappa shape index (κ2) is 8.94. The molecule has 4 nitrogen and oxygen atoms in total. The van der Waals surface area contributed by atoms with Crippen molar-refractivity contribution in [1.29, 1.82) is 0 Å². The lowest BCUT2D eigenvalue weighted by molar-refractivity contribution is -0.0328. The van der Waals surface area contributed by atoms with Gasteiger partial charge in [0.25, 0.3) is 11.8 Å². The van der Waals surface area contributed by atoms with E-state index in [0.717, 1.165) is 0 Å². The smallest absolute Gasteiger partial charge is 0.339 e. The van der Waals surface area contributed by atoms with Crippen LogP contribution in [0, 0.1) is 0 Å². The fourth-order valence-electron chi connectivity index (χ4n) is 2.49. The Bertz CT molecular complexity index is 821. The van der Waals surface area contributed by atoms with Gasteiger partial charge in [0.1, 0.15) is 0 Å². The van der Waals surface area contributed by atoms with E-state index in [0.29, 0.717) is 24.3 Å². The van der Waals surface area contributed by atoms with Crippen molar-refractivity contribution in [3.8, 4) is 0 Å². The number of thioether (sulfide) groups is 1. The van der Waals surface area contributed by atoms with Gasteiger partial charge in [0, 0.05) is 29.2 Å². The molecule has 1 N–H and O–H groups in total. The lowest BCUT2D eigenvalue weighted by Crippen LogP contribution is -2.30. The number of benzene rings is 2. The van der Waals surface area contributed by atoms with Crippen LogP contribution in [0.1, 0.15) is 34.6 Å². The third-order valence-corrected chi connectivity index (χ3v) is 4.58. The molecule has 2 rings (SSSR count). The summed E-state index contributed by atoms with van der Waals surface area (Å²) < 4.78 is 38.1. The number of anilines is 1. The second-order valence-corrected chi connectivity index (χ2v) is 6.66. The fourth-order valence-corrected chi connectivity index (χ4v) is 3.16. The molecule has 8 heteroatoms. The molecular weight excluding hydrogens is 377 g/mol. The molecule has 0 saturated heterocycles. The Labute approximate surface area is 159 Å². The summed E-state index contributed by atoms with van der Waals surface area (Å²) >= 11 is -0.337. The molecule has 0 fully saturated rings. The van der Waals surface area contributed by atoms with Crippen LogP contribution in [0.2, 0.25) is 0 Å². The predicted octanol–water partition coefficient (Wildman–Crippen LogP) is 5.03. The van der Waals surface area contributed by atoms with Crippen molar-refractivity contribution in [2.45, 2.75) is 24.3 Å². The van der Waals surface area contributed by atoms with Crippen LogP contribution < -0.4 is 5.32 Å². The highest BCUT2D eigenvalue weighted by atomic mass is 32.2. The molecule has 0 radical (unpaired) electrons. The van der Waals surface area contributed by atoms with E-state index in [1.807, 2.05) is 13.8 Å². The Morgan fingerprint density at radius 2 is 1.70 bits per heavy atom. The van der Waals surface area contributed by atoms with Crippen molar-refractivity contribution in [2.24, 2.45) is 0 Å². The number of nitrogens with zero attached hydrogens (tertiary/aromatic N) is 1. The van der Waals surface area contributed by atoms with Gasteiger partial charge >= 0.3 is 5.51 Å². The first-order valence-electron chi connectivity index (χ1n) is 8.30. The van der Waals surface area contributed by atoms with E-state index in [1.54, 1.807) is 23.1 Å². The first-order chi connectivity index (χ1) is 12.7. The summed E-state index contributed by atoms with van der Waals surface area (Å²) in [5.74, 6) is -0.848. The molecule has 2 amide bonds. The van der Waals surface area contributed by atoms with Gasteiger partial charge < -0.3 is 10.2 Å². The van der Waals surface area contributed by atoms with Gasteiger partial charge in [-0.25, -0.2) is 0 Å². The maximum Gasteiger partial charge on any atom is 0.446 e. The average Bonchev–Trinajstić information content (AvgIpc) is 2.62. The summed E-state index contributed by atoms with van der Waals surface area (Å²) in [4.78, 5) is 26.3. The SMILES string of the molecule is CCN(CC)C(=O)c1cccc(NC(=O)c2ccccc2SC(F)(F)F)c1. The van der Waals surface area contributed by atoms with Crippen molar-refractivity contribution in [3.63, 3.8) is 0 Å². The molecule has 0 unspecified atom stereocenters. The minimum absolute atomic E-state index is 0.0831. The van der Waals surface area contributed by atoms with Crippen LogP contribution in [-0.4, -0.2) is 35.3 Å². The summed E-state index contributed by atoms with van der Waals surface area (Å²) in [7, 11) is 0. The summed E-state index contributed by atoms with van der Waals surface area (Å²) in [6, 6.07) is 11.8. The molecule has 0 spiro atoms. The molecule has 0 aromatic heterocycles. The number of halogens is 3. The molecule has 27 heavy (non-hydrogen) atoms. The number of hydrogen-bond donors (Lipinski definition) is 1. The standard InChI is InChI=1S/C19H19F3N2O2S/c1-3-24(4-2)18(26)13-8-7-9-14(12-13)23-17(25)15-10-5-6-11-16(15)27-19(20,21)22/h5-12H,3-4H2,1-2H3,(H,23,25). The molecule has 0 saturated carbocycles. The van der Waals surface area contributed by atoms with Crippen LogP contribution in [0.15, 0.2) is 53.4 Å². The Kier molecular flexibility index (Phi) is 6.90. The fraction of sp³-hybridized carbons (Fsp3) is 0.263. The van der Waals surface area contributed by atoms with Crippen LogP contribution in [0.25, 0.3) is 0 Å². The highest BCUT2D eigenvalue weighted by Gasteiger charge is 2.31. The highest BCUT2D eigenvalue weighted by molar-refractivity contribution is 8.00. The molecular formula is C19H19F3N2O2S. The summed E-state index contributed by atoms with van der Waals surface area (Å²) in [5, 5.41) is 2.56. The summed E-state index contributed by atoms with van der Waals surface area (Å²) in [5.41, 5.74) is -3.84. The Morgan fingerprint density at radius 3 is 2.33 bits per heavy atom. The Balaban J connectivity index is 2.22. The van der Waals surface area contributed by atoms with Gasteiger partial charge in [-0.05, 0) is 55.9 Å². The van der Waals surface area contributed by atoms with Gasteiger partial charge in [-0.2, -0.15) is 13.2 Å². The zero-order chi connectivity index (χ0) is 20.0. The molecule has 0 heterocycles. The minimum atomic E-state index is -4.49. The zero-order valence-electron chi connectivity index (χ0n) is 14.8. The minimum Gasteiger partial charge on any atom is -0.339 e. The van der Waals surface area contributed by atoms with Crippen LogP contribution in [0.3, 0.4) is 0 Å². The largest absolute Gasteiger partial charge is 0.446 e. The molecule has 0 aliphatic carbocycles. The van der Waals surface area contributed by atoms with Gasteiger partial charge in [-0.3, -0.25) is 9.59 Å². The number of alkyl halides is 3. The molecule has 0 atom stereocenters. The summed E-state index contributed by atoms with van der Waals surface area (Å²) in [6.07, 6.45) is 0. The van der Waals surface area contributed by atoms with Crippen molar-refractivity contribution in [1.82, 2.24) is 4.90 Å². The number of carbonyl (C=O) groups excluding carboxylic acids is 2. The second-order valence-electron chi connectivity index (χ2n) is 5.56. The monoisotopic (exact) mass is 396 g/mol. The van der Waals surface area contributed by atoms with E-state index < -0.39 is 11.4 Å². The van der Waals surface area contributed by atoms with Crippen LogP contribution >= 0.6 is 11.8 Å². The van der Waals surface area contributed by atoms with Gasteiger partial charge in [0.2, 0.25) is 0 Å². The van der Waals surface area contributed by atoms with E-state index in [4.69, 9.17) is 0 Å². The average molecular weight is 396 g/mol. The van der Waals surface area contributed by atoms with Gasteiger partial charge in [-0.1, -0.05) is 18.2 Å². The van der Waals surface area contributed by atoms with Crippen molar-refractivity contribution < 1.29 is 22.8 Å². The lowest BCUT2D eigenvalue weighted by Gasteiger charge is -2.19. The Morgan fingerprint density at radius 1 is 1.04 bits per heavy atom. The number of amides is 2. The van der Waals surface area contributed by atoms with E-state index in [2.05, 4.69) is 5.32 Å². The number of hydrogen-bond acceptors (Lipinski definition) is 3. The number of carbonyl (C=O) groups is 2. The first-order valence-corrected chi connectivity index (χ1v) is 9.12. The third-order valence-electron chi connectivity index (χ3n) is 3.78. The van der Waals surface area contributed by atoms with Crippen LogP contribution in [-0.2, 0) is 0 Å². The zero-order valence-corrected chi connectivity index (χ0v) is 15.7. The summed E-state index contributed by atoms with van der Waals surface area (Å²) in [6.45, 7) is 4.83. The Hall–Kier alpha value is -2.48. The topological polar surface area (TPSA) is 49.4 Å². The van der Waals surface area contributed by atoms with Crippen molar-refractivity contribution in [2.75, 3.05) is 18.4 Å². The molecule has 0 bridgehead atoms. The predicted molar refractivity (Wildman–Crippen MR) is 100 cm³/mol. The maximum atomic E-state index is 12.7. The number of nitrogens with one attached hydrogen (secondary N) is 1. The molecule has 144 valence electrons. The molecule has 2 aromatic carbocycles. The molecule has 0 aliphatic heterocycles. The van der Waals surface area contributed by atoms with E-state index in [-0.39, 0.29) is 28.1 Å². The highest BCUT2D eigenvalue weighted by Crippen LogP contribution is 2.38.